The molecule has 0 fully saturated rings. The van der Waals surface area contributed by atoms with Crippen LogP contribution >= 0.6 is 0 Å². The fourth-order valence-electron chi connectivity index (χ4n) is 1.40. The maximum atomic E-state index is 11.7. The van der Waals surface area contributed by atoms with Crippen LogP contribution < -0.4 is 11.1 Å². The summed E-state index contributed by atoms with van der Waals surface area (Å²) < 4.78 is 27.1. The van der Waals surface area contributed by atoms with E-state index in [1.807, 2.05) is 0 Å². The van der Waals surface area contributed by atoms with E-state index in [0.717, 1.165) is 6.26 Å². The molecule has 1 unspecified atom stereocenters. The van der Waals surface area contributed by atoms with Crippen LogP contribution in [0.3, 0.4) is 0 Å². The van der Waals surface area contributed by atoms with Gasteiger partial charge in [-0.15, -0.1) is 0 Å². The number of nitrogens with two attached hydrogens (primary N) is 1. The number of sulfone groups is 1. The summed E-state index contributed by atoms with van der Waals surface area (Å²) in [6, 6.07) is 2.34. The molecule has 0 saturated heterocycles. The number of nitrogens with one attached hydrogen (secondary N) is 1. The molecular weight excluding hydrogens is 256 g/mol. The lowest BCUT2D eigenvalue weighted by atomic mass is 10.2. The predicted molar refractivity (Wildman–Crippen MR) is 67.6 cm³/mol. The number of furan rings is 1. The van der Waals surface area contributed by atoms with Gasteiger partial charge in [-0.25, -0.2) is 8.42 Å². The van der Waals surface area contributed by atoms with Crippen LogP contribution in [0.15, 0.2) is 22.8 Å². The zero-order chi connectivity index (χ0) is 13.8. The van der Waals surface area contributed by atoms with Crippen LogP contribution in [0, 0.1) is 0 Å². The molecule has 1 aromatic rings. The average Bonchev–Trinajstić information content (AvgIpc) is 2.77. The Hall–Kier alpha value is -1.34. The van der Waals surface area contributed by atoms with E-state index in [0.29, 0.717) is 5.76 Å². The first-order chi connectivity index (χ1) is 8.29. The van der Waals surface area contributed by atoms with Crippen molar-refractivity contribution in [3.63, 3.8) is 0 Å². The van der Waals surface area contributed by atoms with Crippen LogP contribution in [-0.2, 0) is 14.6 Å². The van der Waals surface area contributed by atoms with Gasteiger partial charge in [-0.3, -0.25) is 4.79 Å². The highest BCUT2D eigenvalue weighted by Gasteiger charge is 2.19. The lowest BCUT2D eigenvalue weighted by Gasteiger charge is -2.15. The highest BCUT2D eigenvalue weighted by atomic mass is 32.2. The van der Waals surface area contributed by atoms with Crippen LogP contribution in [0.1, 0.15) is 25.1 Å². The predicted octanol–water partition coefficient (Wildman–Crippen LogP) is 0.219. The van der Waals surface area contributed by atoms with E-state index in [9.17, 15) is 13.2 Å². The lowest BCUT2D eigenvalue weighted by Crippen LogP contribution is -2.42. The van der Waals surface area contributed by atoms with E-state index in [2.05, 4.69) is 5.32 Å². The quantitative estimate of drug-likeness (QED) is 0.772. The van der Waals surface area contributed by atoms with Crippen molar-refractivity contribution >= 4 is 15.7 Å². The van der Waals surface area contributed by atoms with E-state index in [-0.39, 0.29) is 24.1 Å². The summed E-state index contributed by atoms with van der Waals surface area (Å²) in [5, 5.41) is 2.67. The van der Waals surface area contributed by atoms with Gasteiger partial charge in [-0.2, -0.15) is 0 Å². The van der Waals surface area contributed by atoms with Crippen molar-refractivity contribution in [3.05, 3.63) is 24.2 Å². The third-order valence-corrected chi connectivity index (χ3v) is 3.44. The van der Waals surface area contributed by atoms with Gasteiger partial charge < -0.3 is 15.5 Å². The van der Waals surface area contributed by atoms with Gasteiger partial charge in [-0.1, -0.05) is 0 Å². The van der Waals surface area contributed by atoms with Crippen molar-refractivity contribution in [1.82, 2.24) is 5.32 Å². The van der Waals surface area contributed by atoms with Crippen LogP contribution in [0.4, 0.5) is 0 Å². The van der Waals surface area contributed by atoms with Gasteiger partial charge in [0.05, 0.1) is 24.1 Å². The third-order valence-electron chi connectivity index (χ3n) is 2.47. The van der Waals surface area contributed by atoms with Gasteiger partial charge in [-0.05, 0) is 25.5 Å². The molecule has 1 amide bonds. The molecule has 1 aromatic heterocycles. The summed E-state index contributed by atoms with van der Waals surface area (Å²) in [6.45, 7) is 1.76. The second kappa shape index (κ2) is 6.01. The fraction of sp³-hybridized carbons (Fsp3) is 0.545. The van der Waals surface area contributed by atoms with Crippen LogP contribution in [0.2, 0.25) is 0 Å². The summed E-state index contributed by atoms with van der Waals surface area (Å²) in [6.07, 6.45) is 2.74. The van der Waals surface area contributed by atoms with E-state index < -0.39 is 15.9 Å². The third kappa shape index (κ3) is 4.89. The molecule has 0 saturated carbocycles. The van der Waals surface area contributed by atoms with Crippen molar-refractivity contribution in [1.29, 1.82) is 0 Å². The highest BCUT2D eigenvalue weighted by molar-refractivity contribution is 7.90. The van der Waals surface area contributed by atoms with Crippen molar-refractivity contribution < 1.29 is 17.6 Å². The maximum Gasteiger partial charge on any atom is 0.237 e. The van der Waals surface area contributed by atoms with Gasteiger partial charge in [0.1, 0.15) is 15.6 Å². The standard InChI is InChI=1S/C11H18N2O4S/c1-8(10-4-3-6-17-10)13-11(14)9(12)5-7-18(2,15)16/h3-4,6,8-9H,5,7,12H2,1-2H3,(H,13,14)/t8-,9?/m0/s1. The van der Waals surface area contributed by atoms with Crippen molar-refractivity contribution in [2.24, 2.45) is 5.73 Å². The minimum absolute atomic E-state index is 0.100. The summed E-state index contributed by atoms with van der Waals surface area (Å²) in [5.41, 5.74) is 5.62. The van der Waals surface area contributed by atoms with Crippen LogP contribution in [-0.4, -0.2) is 32.4 Å². The monoisotopic (exact) mass is 274 g/mol. The van der Waals surface area contributed by atoms with Crippen molar-refractivity contribution in [2.75, 3.05) is 12.0 Å². The Kier molecular flexibility index (Phi) is 4.92. The van der Waals surface area contributed by atoms with Gasteiger partial charge in [0.15, 0.2) is 0 Å². The van der Waals surface area contributed by atoms with E-state index in [1.165, 1.54) is 6.26 Å². The molecule has 0 aliphatic rings. The molecule has 2 atom stereocenters. The smallest absolute Gasteiger partial charge is 0.237 e. The summed E-state index contributed by atoms with van der Waals surface area (Å²) >= 11 is 0. The Balaban J connectivity index is 2.45. The first-order valence-corrected chi connectivity index (χ1v) is 7.63. The second-order valence-electron chi connectivity index (χ2n) is 4.27. The number of amides is 1. The molecule has 1 rings (SSSR count). The highest BCUT2D eigenvalue weighted by Crippen LogP contribution is 2.12. The second-order valence-corrected chi connectivity index (χ2v) is 6.53. The topological polar surface area (TPSA) is 102 Å². The Morgan fingerprint density at radius 1 is 1.56 bits per heavy atom. The molecule has 0 aliphatic heterocycles. The first-order valence-electron chi connectivity index (χ1n) is 5.56. The number of hydrogen-bond donors (Lipinski definition) is 2. The number of rotatable bonds is 6. The summed E-state index contributed by atoms with van der Waals surface area (Å²) in [5.74, 6) is 0.137. The maximum absolute atomic E-state index is 11.7. The molecule has 1 heterocycles. The minimum Gasteiger partial charge on any atom is -0.467 e. The van der Waals surface area contributed by atoms with E-state index in [4.69, 9.17) is 10.2 Å². The normalized spacial score (nSPS) is 15.1. The number of carbonyl (C=O) groups is 1. The molecule has 0 radical (unpaired) electrons. The van der Waals surface area contributed by atoms with Gasteiger partial charge in [0, 0.05) is 6.26 Å². The zero-order valence-electron chi connectivity index (χ0n) is 10.4. The van der Waals surface area contributed by atoms with Crippen LogP contribution in [0.25, 0.3) is 0 Å². The molecule has 6 nitrogen and oxygen atoms in total. The Labute approximate surface area is 106 Å². The van der Waals surface area contributed by atoms with Gasteiger partial charge >= 0.3 is 0 Å². The Morgan fingerprint density at radius 2 is 2.22 bits per heavy atom. The molecule has 0 aliphatic carbocycles. The minimum atomic E-state index is -3.10. The Bertz CT molecular complexity index is 481. The average molecular weight is 274 g/mol. The zero-order valence-corrected chi connectivity index (χ0v) is 11.2. The van der Waals surface area contributed by atoms with Gasteiger partial charge in [0.25, 0.3) is 0 Å². The first kappa shape index (κ1) is 14.7. The van der Waals surface area contributed by atoms with Crippen LogP contribution in [0.5, 0.6) is 0 Å². The molecule has 7 heteroatoms. The van der Waals surface area contributed by atoms with E-state index in [1.54, 1.807) is 19.1 Å². The molecule has 0 bridgehead atoms. The van der Waals surface area contributed by atoms with Gasteiger partial charge in [0.2, 0.25) is 5.91 Å². The fourth-order valence-corrected chi connectivity index (χ4v) is 2.08. The van der Waals surface area contributed by atoms with E-state index >= 15 is 0 Å². The number of hydrogen-bond acceptors (Lipinski definition) is 5. The largest absolute Gasteiger partial charge is 0.467 e. The molecule has 0 aromatic carbocycles. The van der Waals surface area contributed by atoms with Crippen molar-refractivity contribution in [2.45, 2.75) is 25.4 Å². The molecular formula is C11H18N2O4S. The molecule has 0 spiro atoms. The molecule has 3 N–H and O–H groups in total. The SMILES string of the molecule is C[C@H](NC(=O)C(N)CCS(C)(=O)=O)c1ccco1. The van der Waals surface area contributed by atoms with Crippen molar-refractivity contribution in [3.8, 4) is 0 Å². The Morgan fingerprint density at radius 3 is 2.72 bits per heavy atom. The summed E-state index contributed by atoms with van der Waals surface area (Å²) in [7, 11) is -3.10. The molecule has 102 valence electrons. The lowest BCUT2D eigenvalue weighted by molar-refractivity contribution is -0.123. The number of carbonyl (C=O) groups excluding carboxylic acids is 1. The molecule has 18 heavy (non-hydrogen) atoms. The summed E-state index contributed by atoms with van der Waals surface area (Å²) in [4.78, 5) is 11.7.